The average molecular weight is 772 g/mol. The van der Waals surface area contributed by atoms with E-state index in [4.69, 9.17) is 48.9 Å². The Bertz CT molecular complexity index is 576. The van der Waals surface area contributed by atoms with Gasteiger partial charge in [-0.2, -0.15) is 0 Å². The van der Waals surface area contributed by atoms with Crippen molar-refractivity contribution in [3.63, 3.8) is 0 Å². The number of nitrogens with zero attached hydrogens (tertiary/aromatic N) is 8. The largest absolute Gasteiger partial charge is 0.352 e. The van der Waals surface area contributed by atoms with Gasteiger partial charge in [0, 0.05) is 130 Å². The molecule has 4 aliphatic heterocycles. The van der Waals surface area contributed by atoms with E-state index in [2.05, 4.69) is 39.2 Å². The zero-order chi connectivity index (χ0) is 27.4. The summed E-state index contributed by atoms with van der Waals surface area (Å²) in [5, 5.41) is 3.89. The van der Waals surface area contributed by atoms with Gasteiger partial charge in [0.1, 0.15) is 0 Å². The van der Waals surface area contributed by atoms with Crippen molar-refractivity contribution in [2.24, 2.45) is 0 Å². The van der Waals surface area contributed by atoms with Crippen molar-refractivity contribution < 1.29 is 21.1 Å². The first-order valence-corrected chi connectivity index (χ1v) is 14.3. The monoisotopic (exact) mass is 771 g/mol. The zero-order valence-corrected chi connectivity index (χ0v) is 29.6. The molecule has 0 aromatic heterocycles. The predicted octanol–water partition coefficient (Wildman–Crippen LogP) is 2.15. The van der Waals surface area contributed by atoms with Gasteiger partial charge in [0.15, 0.2) is 20.4 Å². The maximum Gasteiger partial charge on any atom is 0.171 e. The molecule has 13 heteroatoms. The molecule has 4 fully saturated rings. The number of hydrogen-bond acceptors (Lipinski definition) is 4. The number of hydrogen-bond donors (Lipinski definition) is 0. The molecule has 4 aliphatic rings. The van der Waals surface area contributed by atoms with Crippen LogP contribution in [0.4, 0.5) is 0 Å². The Balaban J connectivity index is 0.000000463. The first kappa shape index (κ1) is 36.4. The molecule has 0 N–H and O–H groups in total. The van der Waals surface area contributed by atoms with E-state index >= 15 is 0 Å². The Labute approximate surface area is 262 Å². The van der Waals surface area contributed by atoms with E-state index < -0.39 is 0 Å². The SMILES string of the molecule is CN1CCCN(C)C1=S.CN1CCCN(C)C1=S.CN1CCCN(C)C1=S.CN1CCCN(C)C1=S.[Pt]. The third-order valence-electron chi connectivity index (χ3n) is 6.56. The summed E-state index contributed by atoms with van der Waals surface area (Å²) in [6.07, 6.45) is 4.92. The molecule has 218 valence electrons. The van der Waals surface area contributed by atoms with Gasteiger partial charge in [0.05, 0.1) is 0 Å². The van der Waals surface area contributed by atoms with Gasteiger partial charge in [0.2, 0.25) is 0 Å². The summed E-state index contributed by atoms with van der Waals surface area (Å²) in [7, 11) is 16.3. The predicted molar refractivity (Wildman–Crippen MR) is 170 cm³/mol. The van der Waals surface area contributed by atoms with Crippen LogP contribution in [0.1, 0.15) is 25.7 Å². The fourth-order valence-corrected chi connectivity index (χ4v) is 4.84. The van der Waals surface area contributed by atoms with Gasteiger partial charge >= 0.3 is 0 Å². The van der Waals surface area contributed by atoms with Gasteiger partial charge in [-0.1, -0.05) is 0 Å². The Hall–Kier alpha value is -0.552. The van der Waals surface area contributed by atoms with Crippen LogP contribution in [-0.2, 0) is 21.1 Å². The van der Waals surface area contributed by atoms with Crippen LogP contribution in [0.15, 0.2) is 0 Å². The first-order valence-electron chi connectivity index (χ1n) is 12.7. The molecule has 4 heterocycles. The van der Waals surface area contributed by atoms with E-state index in [0.717, 1.165) is 72.8 Å². The molecule has 0 atom stereocenters. The summed E-state index contributed by atoms with van der Waals surface area (Å²) in [6, 6.07) is 0. The second kappa shape index (κ2) is 18.7. The molecule has 0 spiro atoms. The van der Waals surface area contributed by atoms with Crippen LogP contribution >= 0.6 is 48.9 Å². The van der Waals surface area contributed by atoms with Crippen molar-refractivity contribution in [3.05, 3.63) is 0 Å². The number of thiocarbonyl (C=S) groups is 4. The molecule has 0 aromatic carbocycles. The van der Waals surface area contributed by atoms with Gasteiger partial charge in [-0.15, -0.1) is 0 Å². The van der Waals surface area contributed by atoms with Crippen LogP contribution in [0.2, 0.25) is 0 Å². The quantitative estimate of drug-likeness (QED) is 0.338. The molecular formula is C24H48N8PtS4. The van der Waals surface area contributed by atoms with Crippen molar-refractivity contribution in [1.29, 1.82) is 0 Å². The van der Waals surface area contributed by atoms with E-state index in [1.807, 2.05) is 56.4 Å². The van der Waals surface area contributed by atoms with Crippen molar-refractivity contribution in [2.75, 3.05) is 109 Å². The summed E-state index contributed by atoms with van der Waals surface area (Å²) in [5.74, 6) is 0. The fourth-order valence-electron chi connectivity index (χ4n) is 4.11. The maximum atomic E-state index is 5.10. The van der Waals surface area contributed by atoms with Crippen LogP contribution in [-0.4, -0.2) is 168 Å². The van der Waals surface area contributed by atoms with Crippen molar-refractivity contribution in [2.45, 2.75) is 25.7 Å². The van der Waals surface area contributed by atoms with Crippen molar-refractivity contribution in [3.8, 4) is 0 Å². The third kappa shape index (κ3) is 12.9. The van der Waals surface area contributed by atoms with Gasteiger partial charge in [0.25, 0.3) is 0 Å². The van der Waals surface area contributed by atoms with E-state index in [9.17, 15) is 0 Å². The summed E-state index contributed by atoms with van der Waals surface area (Å²) >= 11 is 20.4. The first-order chi connectivity index (χ1) is 16.9. The standard InChI is InChI=1S/4C6H12N2S.Pt/c4*1-7-4-3-5-8(2)6(7)9;/h4*3-5H2,1-2H3;. The van der Waals surface area contributed by atoms with Crippen molar-refractivity contribution >= 4 is 69.3 Å². The van der Waals surface area contributed by atoms with Crippen LogP contribution < -0.4 is 0 Å². The van der Waals surface area contributed by atoms with Gasteiger partial charge in [-0.25, -0.2) is 0 Å². The molecule has 0 bridgehead atoms. The average Bonchev–Trinajstić information content (AvgIpc) is 2.84. The van der Waals surface area contributed by atoms with Gasteiger partial charge in [-0.05, 0) is 74.6 Å². The molecule has 37 heavy (non-hydrogen) atoms. The minimum Gasteiger partial charge on any atom is -0.352 e. The molecule has 0 aromatic rings. The molecular weight excluding hydrogens is 724 g/mol. The summed E-state index contributed by atoms with van der Waals surface area (Å²) < 4.78 is 0. The maximum absolute atomic E-state index is 5.10. The zero-order valence-electron chi connectivity index (χ0n) is 24.0. The third-order valence-corrected chi connectivity index (χ3v) is 9.05. The fraction of sp³-hybridized carbons (Fsp3) is 0.833. The van der Waals surface area contributed by atoms with E-state index in [-0.39, 0.29) is 21.1 Å². The summed E-state index contributed by atoms with van der Waals surface area (Å²) in [5.41, 5.74) is 0. The molecule has 4 rings (SSSR count). The Morgan fingerprint density at radius 3 is 0.514 bits per heavy atom. The van der Waals surface area contributed by atoms with Crippen LogP contribution in [0.3, 0.4) is 0 Å². The Kier molecular flexibility index (Phi) is 18.4. The molecule has 0 aliphatic carbocycles. The smallest absolute Gasteiger partial charge is 0.171 e. The normalized spacial score (nSPS) is 20.3. The molecule has 0 radical (unpaired) electrons. The Morgan fingerprint density at radius 1 is 0.324 bits per heavy atom. The second-order valence-corrected chi connectivity index (χ2v) is 11.4. The minimum absolute atomic E-state index is 0. The summed E-state index contributed by atoms with van der Waals surface area (Å²) in [6.45, 7) is 8.91. The van der Waals surface area contributed by atoms with Crippen LogP contribution in [0.5, 0.6) is 0 Å². The molecule has 0 unspecified atom stereocenters. The molecule has 0 amide bonds. The molecule has 8 nitrogen and oxygen atoms in total. The minimum atomic E-state index is 0. The van der Waals surface area contributed by atoms with Gasteiger partial charge in [-0.3, -0.25) is 0 Å². The Morgan fingerprint density at radius 2 is 0.432 bits per heavy atom. The topological polar surface area (TPSA) is 25.9 Å². The molecule has 0 saturated carbocycles. The van der Waals surface area contributed by atoms with Gasteiger partial charge < -0.3 is 39.2 Å². The van der Waals surface area contributed by atoms with Crippen LogP contribution in [0, 0.1) is 0 Å². The second-order valence-electron chi connectivity index (χ2n) is 9.92. The van der Waals surface area contributed by atoms with Crippen LogP contribution in [0.25, 0.3) is 0 Å². The number of rotatable bonds is 0. The van der Waals surface area contributed by atoms with E-state index in [1.165, 1.54) is 25.7 Å². The van der Waals surface area contributed by atoms with Crippen molar-refractivity contribution in [1.82, 2.24) is 39.2 Å². The van der Waals surface area contributed by atoms with E-state index in [1.54, 1.807) is 0 Å². The molecule has 4 saturated heterocycles. The van der Waals surface area contributed by atoms with E-state index in [0.29, 0.717) is 0 Å². The summed E-state index contributed by atoms with van der Waals surface area (Å²) in [4.78, 5) is 16.9.